The number of sulfonamides is 1. The van der Waals surface area contributed by atoms with Gasteiger partial charge in [-0.15, -0.1) is 0 Å². The van der Waals surface area contributed by atoms with Gasteiger partial charge in [-0.2, -0.15) is 0 Å². The normalized spacial score (nSPS) is 18.0. The quantitative estimate of drug-likeness (QED) is 0.729. The van der Waals surface area contributed by atoms with E-state index in [1.54, 1.807) is 19.2 Å². The van der Waals surface area contributed by atoms with Crippen molar-refractivity contribution in [2.75, 3.05) is 46.9 Å². The Hall–Kier alpha value is -1.15. The van der Waals surface area contributed by atoms with Crippen molar-refractivity contribution in [2.45, 2.75) is 45.1 Å². The van der Waals surface area contributed by atoms with Crippen LogP contribution in [0.2, 0.25) is 0 Å². The topological polar surface area (TPSA) is 61.9 Å². The van der Waals surface area contributed by atoms with Gasteiger partial charge in [0.05, 0.1) is 12.0 Å². The lowest BCUT2D eigenvalue weighted by molar-refractivity contribution is 0.102. The lowest BCUT2D eigenvalue weighted by atomic mass is 10.0. The van der Waals surface area contributed by atoms with Crippen molar-refractivity contribution in [1.82, 2.24) is 14.5 Å². The summed E-state index contributed by atoms with van der Waals surface area (Å²) in [6, 6.07) is 3.70. The first-order valence-electron chi connectivity index (χ1n) is 9.71. The summed E-state index contributed by atoms with van der Waals surface area (Å²) >= 11 is 0. The second-order valence-corrected chi connectivity index (χ2v) is 9.80. The molecule has 0 aliphatic carbocycles. The van der Waals surface area contributed by atoms with Crippen LogP contribution in [0.25, 0.3) is 0 Å². The number of methoxy groups -OCH3 is 1. The fraction of sp³-hybridized carbons (Fsp3) is 0.700. The molecule has 27 heavy (non-hydrogen) atoms. The SMILES string of the molecule is COc1cc(C)c(S(=O)(=O)NCC(CC(C)C)N2CCN(C)CC2)cc1C. The standard InChI is InChI=1S/C20H35N3O3S/c1-15(2)11-18(23-9-7-22(5)8-10-23)14-21-27(24,25)20-13-16(3)19(26-6)12-17(20)4/h12-13,15,18,21H,7-11,14H2,1-6H3. The summed E-state index contributed by atoms with van der Waals surface area (Å²) in [6.07, 6.45) is 0.979. The van der Waals surface area contributed by atoms with E-state index >= 15 is 0 Å². The summed E-state index contributed by atoms with van der Waals surface area (Å²) in [5, 5.41) is 0. The van der Waals surface area contributed by atoms with E-state index in [4.69, 9.17) is 4.74 Å². The maximum Gasteiger partial charge on any atom is 0.240 e. The van der Waals surface area contributed by atoms with Gasteiger partial charge in [0, 0.05) is 38.8 Å². The molecule has 7 heteroatoms. The molecule has 0 aromatic heterocycles. The smallest absolute Gasteiger partial charge is 0.240 e. The third-order valence-electron chi connectivity index (χ3n) is 5.29. The van der Waals surface area contributed by atoms with Crippen LogP contribution in [0.4, 0.5) is 0 Å². The van der Waals surface area contributed by atoms with Crippen LogP contribution in [-0.4, -0.2) is 71.1 Å². The predicted molar refractivity (Wildman–Crippen MR) is 110 cm³/mol. The zero-order valence-corrected chi connectivity index (χ0v) is 18.4. The number of rotatable bonds is 8. The Kier molecular flexibility index (Phi) is 7.68. The minimum atomic E-state index is -3.56. The molecule has 0 spiro atoms. The number of hydrogen-bond donors (Lipinski definition) is 1. The highest BCUT2D eigenvalue weighted by Crippen LogP contribution is 2.25. The molecule has 2 rings (SSSR count). The molecule has 1 unspecified atom stereocenters. The monoisotopic (exact) mass is 397 g/mol. The van der Waals surface area contributed by atoms with Crippen LogP contribution in [0.15, 0.2) is 17.0 Å². The Bertz CT molecular complexity index is 726. The maximum absolute atomic E-state index is 13.0. The molecule has 1 heterocycles. The molecule has 6 nitrogen and oxygen atoms in total. The van der Waals surface area contributed by atoms with Gasteiger partial charge in [-0.05, 0) is 56.5 Å². The van der Waals surface area contributed by atoms with Gasteiger partial charge in [-0.25, -0.2) is 13.1 Å². The van der Waals surface area contributed by atoms with Crippen LogP contribution in [0.3, 0.4) is 0 Å². The largest absolute Gasteiger partial charge is 0.496 e. The number of hydrogen-bond acceptors (Lipinski definition) is 5. The van der Waals surface area contributed by atoms with Crippen molar-refractivity contribution in [2.24, 2.45) is 5.92 Å². The zero-order chi connectivity index (χ0) is 20.2. The third-order valence-corrected chi connectivity index (χ3v) is 6.85. The van der Waals surface area contributed by atoms with Crippen molar-refractivity contribution in [3.8, 4) is 5.75 Å². The molecule has 0 saturated carbocycles. The van der Waals surface area contributed by atoms with E-state index in [2.05, 4.69) is 35.4 Å². The molecule has 1 N–H and O–H groups in total. The number of aryl methyl sites for hydroxylation is 2. The van der Waals surface area contributed by atoms with Gasteiger partial charge in [0.2, 0.25) is 10.0 Å². The highest BCUT2D eigenvalue weighted by Gasteiger charge is 2.26. The fourth-order valence-electron chi connectivity index (χ4n) is 3.65. The summed E-state index contributed by atoms with van der Waals surface area (Å²) in [5.74, 6) is 1.23. The first kappa shape index (κ1) is 22.1. The molecule has 1 aromatic rings. The molecule has 1 aliphatic heterocycles. The predicted octanol–water partition coefficient (Wildman–Crippen LogP) is 2.25. The Labute approximate surface area is 164 Å². The fourth-order valence-corrected chi connectivity index (χ4v) is 5.03. The molecule has 1 fully saturated rings. The van der Waals surface area contributed by atoms with Crippen molar-refractivity contribution >= 4 is 10.0 Å². The maximum atomic E-state index is 13.0. The Morgan fingerprint density at radius 3 is 2.30 bits per heavy atom. The van der Waals surface area contributed by atoms with Gasteiger partial charge in [0.1, 0.15) is 5.75 Å². The van der Waals surface area contributed by atoms with Crippen molar-refractivity contribution in [3.63, 3.8) is 0 Å². The molecule has 1 aromatic carbocycles. The van der Waals surface area contributed by atoms with Crippen LogP contribution in [0.1, 0.15) is 31.4 Å². The summed E-state index contributed by atoms with van der Waals surface area (Å²) in [6.45, 7) is 12.5. The van der Waals surface area contributed by atoms with E-state index in [-0.39, 0.29) is 6.04 Å². The van der Waals surface area contributed by atoms with E-state index in [1.807, 2.05) is 13.8 Å². The van der Waals surface area contributed by atoms with E-state index < -0.39 is 10.0 Å². The second kappa shape index (κ2) is 9.37. The first-order chi connectivity index (χ1) is 12.6. The molecule has 154 valence electrons. The van der Waals surface area contributed by atoms with Crippen molar-refractivity contribution < 1.29 is 13.2 Å². The van der Waals surface area contributed by atoms with Crippen molar-refractivity contribution in [1.29, 1.82) is 0 Å². The number of piperazine rings is 1. The van der Waals surface area contributed by atoms with Crippen LogP contribution in [-0.2, 0) is 10.0 Å². The number of nitrogens with zero attached hydrogens (tertiary/aromatic N) is 2. The van der Waals surface area contributed by atoms with E-state index in [0.717, 1.165) is 38.2 Å². The number of nitrogens with one attached hydrogen (secondary N) is 1. The van der Waals surface area contributed by atoms with Crippen LogP contribution < -0.4 is 9.46 Å². The molecule has 0 amide bonds. The highest BCUT2D eigenvalue weighted by molar-refractivity contribution is 7.89. The molecule has 0 bridgehead atoms. The van der Waals surface area contributed by atoms with Crippen LogP contribution >= 0.6 is 0 Å². The van der Waals surface area contributed by atoms with E-state index in [0.29, 0.717) is 28.7 Å². The lowest BCUT2D eigenvalue weighted by Crippen LogP contribution is -2.52. The summed E-state index contributed by atoms with van der Waals surface area (Å²) in [5.41, 5.74) is 1.52. The van der Waals surface area contributed by atoms with Gasteiger partial charge >= 0.3 is 0 Å². The first-order valence-corrected chi connectivity index (χ1v) is 11.2. The number of benzene rings is 1. The number of likely N-dealkylation sites (N-methyl/N-ethyl adjacent to an activating group) is 1. The summed E-state index contributed by atoms with van der Waals surface area (Å²) in [7, 11) is 0.168. The number of ether oxygens (including phenoxy) is 1. The average Bonchev–Trinajstić information content (AvgIpc) is 2.60. The Morgan fingerprint density at radius 2 is 1.74 bits per heavy atom. The van der Waals surface area contributed by atoms with Gasteiger partial charge in [0.25, 0.3) is 0 Å². The minimum absolute atomic E-state index is 0.216. The van der Waals surface area contributed by atoms with Gasteiger partial charge < -0.3 is 9.64 Å². The molecule has 0 radical (unpaired) electrons. The van der Waals surface area contributed by atoms with E-state index in [9.17, 15) is 8.42 Å². The van der Waals surface area contributed by atoms with Gasteiger partial charge in [-0.3, -0.25) is 4.90 Å². The van der Waals surface area contributed by atoms with Gasteiger partial charge in [-0.1, -0.05) is 13.8 Å². The molecular weight excluding hydrogens is 362 g/mol. The second-order valence-electron chi connectivity index (χ2n) is 8.06. The molecular formula is C20H35N3O3S. The van der Waals surface area contributed by atoms with Crippen LogP contribution in [0.5, 0.6) is 5.75 Å². The average molecular weight is 398 g/mol. The highest BCUT2D eigenvalue weighted by atomic mass is 32.2. The van der Waals surface area contributed by atoms with Crippen LogP contribution in [0, 0.1) is 19.8 Å². The zero-order valence-electron chi connectivity index (χ0n) is 17.6. The van der Waals surface area contributed by atoms with Crippen molar-refractivity contribution in [3.05, 3.63) is 23.3 Å². The Morgan fingerprint density at radius 1 is 1.11 bits per heavy atom. The third kappa shape index (κ3) is 5.91. The summed E-state index contributed by atoms with van der Waals surface area (Å²) in [4.78, 5) is 5.08. The molecule has 1 atom stereocenters. The molecule has 1 saturated heterocycles. The minimum Gasteiger partial charge on any atom is -0.496 e. The Balaban J connectivity index is 2.14. The summed E-state index contributed by atoms with van der Waals surface area (Å²) < 4.78 is 34.1. The lowest BCUT2D eigenvalue weighted by Gasteiger charge is -2.38. The van der Waals surface area contributed by atoms with E-state index in [1.165, 1.54) is 0 Å². The molecule has 1 aliphatic rings. The van der Waals surface area contributed by atoms with Gasteiger partial charge in [0.15, 0.2) is 0 Å².